The van der Waals surface area contributed by atoms with Crippen LogP contribution in [0.15, 0.2) is 6.07 Å². The highest BCUT2D eigenvalue weighted by Crippen LogP contribution is 2.26. The molecule has 0 saturated heterocycles. The molecule has 1 aliphatic rings. The Labute approximate surface area is 125 Å². The second-order valence-corrected chi connectivity index (χ2v) is 5.17. The summed E-state index contributed by atoms with van der Waals surface area (Å²) in [6.45, 7) is 1.76. The molecule has 5 heteroatoms. The van der Waals surface area contributed by atoms with Gasteiger partial charge < -0.3 is 9.64 Å². The van der Waals surface area contributed by atoms with E-state index < -0.39 is 0 Å². The first kappa shape index (κ1) is 15.3. The van der Waals surface area contributed by atoms with Crippen molar-refractivity contribution in [3.8, 4) is 12.1 Å². The second-order valence-electron chi connectivity index (χ2n) is 5.17. The summed E-state index contributed by atoms with van der Waals surface area (Å²) in [5.41, 5.74) is 2.91. The Morgan fingerprint density at radius 1 is 1.29 bits per heavy atom. The van der Waals surface area contributed by atoms with Gasteiger partial charge in [-0.3, -0.25) is 0 Å². The van der Waals surface area contributed by atoms with Gasteiger partial charge in [0.2, 0.25) is 0 Å². The number of nitrogens with zero attached hydrogens (tertiary/aromatic N) is 4. The number of rotatable bonds is 6. The van der Waals surface area contributed by atoms with Gasteiger partial charge in [0, 0.05) is 25.9 Å². The first-order chi connectivity index (χ1) is 10.3. The van der Waals surface area contributed by atoms with Gasteiger partial charge in [0.25, 0.3) is 0 Å². The normalized spacial score (nSPS) is 13.1. The molecule has 21 heavy (non-hydrogen) atoms. The third kappa shape index (κ3) is 3.71. The predicted molar refractivity (Wildman–Crippen MR) is 79.9 cm³/mol. The van der Waals surface area contributed by atoms with E-state index in [1.807, 2.05) is 11.0 Å². The standard InChI is InChI=1S/C16H20N4O/c1-21-10-9-20(8-4-7-17)16-14(12-18)11-13-5-2-3-6-15(13)19-16/h11H,2-6,8-10H2,1H3. The lowest BCUT2D eigenvalue weighted by molar-refractivity contribution is 0.205. The molecule has 0 bridgehead atoms. The Morgan fingerprint density at radius 2 is 2.10 bits per heavy atom. The number of methoxy groups -OCH3 is 1. The molecule has 2 rings (SSSR count). The molecule has 0 unspecified atom stereocenters. The van der Waals surface area contributed by atoms with Crippen molar-refractivity contribution in [1.82, 2.24) is 4.98 Å². The van der Waals surface area contributed by atoms with E-state index in [1.54, 1.807) is 7.11 Å². The van der Waals surface area contributed by atoms with E-state index in [-0.39, 0.29) is 0 Å². The first-order valence-corrected chi connectivity index (χ1v) is 7.34. The van der Waals surface area contributed by atoms with Crippen LogP contribution >= 0.6 is 0 Å². The summed E-state index contributed by atoms with van der Waals surface area (Å²) in [4.78, 5) is 6.71. The molecule has 1 aromatic heterocycles. The van der Waals surface area contributed by atoms with E-state index in [2.05, 4.69) is 12.1 Å². The van der Waals surface area contributed by atoms with Crippen molar-refractivity contribution >= 4 is 5.82 Å². The van der Waals surface area contributed by atoms with Gasteiger partial charge in [0.1, 0.15) is 11.9 Å². The van der Waals surface area contributed by atoms with Crippen LogP contribution in [0.3, 0.4) is 0 Å². The van der Waals surface area contributed by atoms with Crippen LogP contribution in [-0.4, -0.2) is 31.8 Å². The number of aromatic nitrogens is 1. The minimum Gasteiger partial charge on any atom is -0.383 e. The second kappa shape index (κ2) is 7.61. The van der Waals surface area contributed by atoms with E-state index >= 15 is 0 Å². The van der Waals surface area contributed by atoms with Crippen LogP contribution in [-0.2, 0) is 17.6 Å². The molecule has 0 fully saturated rings. The van der Waals surface area contributed by atoms with Crippen molar-refractivity contribution in [3.05, 3.63) is 22.9 Å². The van der Waals surface area contributed by atoms with Gasteiger partial charge >= 0.3 is 0 Å². The molecule has 1 aliphatic carbocycles. The molecule has 5 nitrogen and oxygen atoms in total. The van der Waals surface area contributed by atoms with Crippen LogP contribution in [0.25, 0.3) is 0 Å². The topological polar surface area (TPSA) is 72.9 Å². The van der Waals surface area contributed by atoms with Gasteiger partial charge in [-0.25, -0.2) is 4.98 Å². The van der Waals surface area contributed by atoms with Crippen molar-refractivity contribution in [2.75, 3.05) is 31.7 Å². The molecule has 0 amide bonds. The lowest BCUT2D eigenvalue weighted by Gasteiger charge is -2.25. The van der Waals surface area contributed by atoms with Gasteiger partial charge in [-0.1, -0.05) is 0 Å². The number of nitriles is 2. The van der Waals surface area contributed by atoms with Gasteiger partial charge in [0.15, 0.2) is 0 Å². The van der Waals surface area contributed by atoms with E-state index in [9.17, 15) is 5.26 Å². The third-order valence-electron chi connectivity index (χ3n) is 3.76. The maximum Gasteiger partial charge on any atom is 0.146 e. The molecule has 0 radical (unpaired) electrons. The van der Waals surface area contributed by atoms with Crippen molar-refractivity contribution in [3.63, 3.8) is 0 Å². The Bertz CT molecular complexity index is 571. The van der Waals surface area contributed by atoms with Crippen LogP contribution in [0, 0.1) is 22.7 Å². The summed E-state index contributed by atoms with van der Waals surface area (Å²) in [6, 6.07) is 6.38. The molecule has 1 aromatic rings. The van der Waals surface area contributed by atoms with Crippen molar-refractivity contribution in [1.29, 1.82) is 10.5 Å². The minimum absolute atomic E-state index is 0.410. The summed E-state index contributed by atoms with van der Waals surface area (Å²) in [7, 11) is 1.65. The summed E-state index contributed by atoms with van der Waals surface area (Å²) in [5, 5.41) is 18.2. The van der Waals surface area contributed by atoms with Crippen molar-refractivity contribution in [2.24, 2.45) is 0 Å². The number of aryl methyl sites for hydroxylation is 2. The monoisotopic (exact) mass is 284 g/mol. The third-order valence-corrected chi connectivity index (χ3v) is 3.76. The highest BCUT2D eigenvalue weighted by atomic mass is 16.5. The molecule has 1 heterocycles. The molecule has 0 aliphatic heterocycles. The van der Waals surface area contributed by atoms with Crippen LogP contribution in [0.2, 0.25) is 0 Å². The van der Waals surface area contributed by atoms with Gasteiger partial charge in [-0.2, -0.15) is 10.5 Å². The fourth-order valence-corrected chi connectivity index (χ4v) is 2.66. The number of hydrogen-bond acceptors (Lipinski definition) is 5. The summed E-state index contributed by atoms with van der Waals surface area (Å²) < 4.78 is 5.12. The lowest BCUT2D eigenvalue weighted by atomic mass is 9.95. The van der Waals surface area contributed by atoms with Crippen molar-refractivity contribution in [2.45, 2.75) is 32.1 Å². The van der Waals surface area contributed by atoms with Gasteiger partial charge in [0.05, 0.1) is 24.7 Å². The summed E-state index contributed by atoms with van der Waals surface area (Å²) in [5.74, 6) is 0.699. The molecular formula is C16H20N4O. The number of fused-ring (bicyclic) bond motifs is 1. The fraction of sp³-hybridized carbons (Fsp3) is 0.562. The Hall–Kier alpha value is -2.11. The highest BCUT2D eigenvalue weighted by molar-refractivity contribution is 5.56. The van der Waals surface area contributed by atoms with E-state index in [0.29, 0.717) is 37.5 Å². The largest absolute Gasteiger partial charge is 0.383 e. The zero-order chi connectivity index (χ0) is 15.1. The van der Waals surface area contributed by atoms with Crippen LogP contribution in [0.5, 0.6) is 0 Å². The molecule has 0 saturated carbocycles. The smallest absolute Gasteiger partial charge is 0.146 e. The highest BCUT2D eigenvalue weighted by Gasteiger charge is 2.18. The number of ether oxygens (including phenoxy) is 1. The number of hydrogen-bond donors (Lipinski definition) is 0. The molecule has 0 aromatic carbocycles. The predicted octanol–water partition coefficient (Wildman–Crippen LogP) is 2.20. The maximum atomic E-state index is 9.41. The number of pyridine rings is 1. The van der Waals surface area contributed by atoms with E-state index in [4.69, 9.17) is 15.0 Å². The van der Waals surface area contributed by atoms with Crippen molar-refractivity contribution < 1.29 is 4.74 Å². The maximum absolute atomic E-state index is 9.41. The first-order valence-electron chi connectivity index (χ1n) is 7.34. The number of anilines is 1. The van der Waals surface area contributed by atoms with Gasteiger partial charge in [-0.05, 0) is 37.3 Å². The molecule has 0 atom stereocenters. The Balaban J connectivity index is 2.33. The summed E-state index contributed by atoms with van der Waals surface area (Å²) in [6.07, 6.45) is 4.72. The summed E-state index contributed by atoms with van der Waals surface area (Å²) >= 11 is 0. The zero-order valence-electron chi connectivity index (χ0n) is 12.4. The average molecular weight is 284 g/mol. The average Bonchev–Trinajstić information content (AvgIpc) is 2.54. The fourth-order valence-electron chi connectivity index (χ4n) is 2.66. The molecule has 0 spiro atoms. The lowest BCUT2D eigenvalue weighted by Crippen LogP contribution is -2.30. The molecule has 110 valence electrons. The molecule has 0 N–H and O–H groups in total. The van der Waals surface area contributed by atoms with Crippen LogP contribution in [0.4, 0.5) is 5.82 Å². The van der Waals surface area contributed by atoms with Gasteiger partial charge in [-0.15, -0.1) is 0 Å². The molecular weight excluding hydrogens is 264 g/mol. The quantitative estimate of drug-likeness (QED) is 0.800. The van der Waals surface area contributed by atoms with E-state index in [0.717, 1.165) is 25.0 Å². The van der Waals surface area contributed by atoms with Crippen LogP contribution in [0.1, 0.15) is 36.1 Å². The zero-order valence-corrected chi connectivity index (χ0v) is 12.4. The SMILES string of the molecule is COCCN(CCC#N)c1nc2c(cc1C#N)CCCC2. The Kier molecular flexibility index (Phi) is 5.54. The van der Waals surface area contributed by atoms with E-state index in [1.165, 1.54) is 12.0 Å². The minimum atomic E-state index is 0.410. The Morgan fingerprint density at radius 3 is 2.81 bits per heavy atom. The van der Waals surface area contributed by atoms with Crippen LogP contribution < -0.4 is 4.90 Å².